The Morgan fingerprint density at radius 3 is 2.83 bits per heavy atom. The topological polar surface area (TPSA) is 102 Å². The molecule has 2 heterocycles. The number of methoxy groups -OCH3 is 1. The Bertz CT molecular complexity index is 1270. The summed E-state index contributed by atoms with van der Waals surface area (Å²) in [6, 6.07) is 14.1. The summed E-state index contributed by atoms with van der Waals surface area (Å²) in [6.45, 7) is 0. The summed E-state index contributed by atoms with van der Waals surface area (Å²) in [5.41, 5.74) is 1.22. The van der Waals surface area contributed by atoms with E-state index in [1.165, 1.54) is 17.9 Å². The highest BCUT2D eigenvalue weighted by molar-refractivity contribution is 7.99. The first-order valence-electron chi connectivity index (χ1n) is 8.84. The van der Waals surface area contributed by atoms with Crippen LogP contribution in [0.3, 0.4) is 0 Å². The summed E-state index contributed by atoms with van der Waals surface area (Å²) in [6.07, 6.45) is 1.44. The number of para-hydroxylation sites is 1. The summed E-state index contributed by atoms with van der Waals surface area (Å²) >= 11 is 7.15. The van der Waals surface area contributed by atoms with Crippen LogP contribution in [0.2, 0.25) is 5.02 Å². The molecule has 2 N–H and O–H groups in total. The summed E-state index contributed by atoms with van der Waals surface area (Å²) in [5.74, 6) is 0.226. The normalized spacial score (nSPS) is 10.9. The van der Waals surface area contributed by atoms with Crippen molar-refractivity contribution in [1.82, 2.24) is 19.7 Å². The number of carbonyl (C=O) groups excluding carboxylic acids is 1. The fraction of sp³-hybridized carbons (Fsp3) is 0.100. The maximum atomic E-state index is 13.0. The largest absolute Gasteiger partial charge is 0.495 e. The third-order valence-electron chi connectivity index (χ3n) is 4.23. The lowest BCUT2D eigenvalue weighted by Crippen LogP contribution is -2.22. The highest BCUT2D eigenvalue weighted by Crippen LogP contribution is 2.28. The van der Waals surface area contributed by atoms with Crippen LogP contribution in [0.25, 0.3) is 16.7 Å². The lowest BCUT2D eigenvalue weighted by atomic mass is 10.3. The molecule has 2 aromatic carbocycles. The molecule has 0 spiro atoms. The second kappa shape index (κ2) is 8.60. The number of anilines is 1. The first kappa shape index (κ1) is 20.0. The van der Waals surface area contributed by atoms with Gasteiger partial charge in [-0.1, -0.05) is 41.6 Å². The Morgan fingerprint density at radius 2 is 2.07 bits per heavy atom. The van der Waals surface area contributed by atoms with E-state index < -0.39 is 0 Å². The van der Waals surface area contributed by atoms with Crippen molar-refractivity contribution in [2.75, 3.05) is 18.2 Å². The van der Waals surface area contributed by atoms with Gasteiger partial charge in [-0.25, -0.2) is 4.98 Å². The summed E-state index contributed by atoms with van der Waals surface area (Å²) < 4.78 is 6.71. The van der Waals surface area contributed by atoms with Crippen LogP contribution >= 0.6 is 23.4 Å². The van der Waals surface area contributed by atoms with Gasteiger partial charge in [-0.2, -0.15) is 5.10 Å². The van der Waals surface area contributed by atoms with Crippen molar-refractivity contribution in [3.63, 3.8) is 0 Å². The summed E-state index contributed by atoms with van der Waals surface area (Å²) in [4.78, 5) is 30.0. The SMILES string of the molecule is COc1ccc(Cl)cc1NC(=O)CSc1nc2[nH]ncc2c(=O)n1-c1ccccc1. The quantitative estimate of drug-likeness (QED) is 0.350. The molecule has 0 aliphatic heterocycles. The molecule has 0 bridgehead atoms. The third-order valence-corrected chi connectivity index (χ3v) is 5.41. The van der Waals surface area contributed by atoms with Crippen LogP contribution in [0.15, 0.2) is 64.7 Å². The number of halogens is 1. The van der Waals surface area contributed by atoms with Crippen molar-refractivity contribution in [2.24, 2.45) is 0 Å². The van der Waals surface area contributed by atoms with E-state index in [0.29, 0.717) is 38.3 Å². The Hall–Kier alpha value is -3.30. The van der Waals surface area contributed by atoms with Gasteiger partial charge in [0.05, 0.1) is 30.4 Å². The van der Waals surface area contributed by atoms with Crippen molar-refractivity contribution in [3.8, 4) is 11.4 Å². The average Bonchev–Trinajstić information content (AvgIpc) is 3.22. The molecule has 0 saturated heterocycles. The van der Waals surface area contributed by atoms with E-state index in [9.17, 15) is 9.59 Å². The van der Waals surface area contributed by atoms with Gasteiger partial charge in [0.2, 0.25) is 5.91 Å². The number of nitrogens with zero attached hydrogens (tertiary/aromatic N) is 3. The van der Waals surface area contributed by atoms with Crippen LogP contribution in [0.1, 0.15) is 0 Å². The van der Waals surface area contributed by atoms with E-state index in [-0.39, 0.29) is 17.2 Å². The van der Waals surface area contributed by atoms with Gasteiger partial charge in [-0.3, -0.25) is 19.3 Å². The molecule has 0 unspecified atom stereocenters. The molecule has 30 heavy (non-hydrogen) atoms. The Kier molecular flexibility index (Phi) is 5.73. The second-order valence-corrected chi connectivity index (χ2v) is 7.56. The maximum absolute atomic E-state index is 13.0. The number of benzene rings is 2. The fourth-order valence-electron chi connectivity index (χ4n) is 2.87. The number of fused-ring (bicyclic) bond motifs is 1. The number of rotatable bonds is 6. The number of hydrogen-bond acceptors (Lipinski definition) is 6. The van der Waals surface area contributed by atoms with Crippen molar-refractivity contribution >= 4 is 46.0 Å². The number of nitrogens with one attached hydrogen (secondary N) is 2. The molecule has 0 atom stereocenters. The number of aromatic amines is 1. The molecule has 4 aromatic rings. The minimum Gasteiger partial charge on any atom is -0.495 e. The van der Waals surface area contributed by atoms with Crippen LogP contribution in [0.5, 0.6) is 5.75 Å². The van der Waals surface area contributed by atoms with Gasteiger partial charge < -0.3 is 10.1 Å². The minimum atomic E-state index is -0.292. The standard InChI is InChI=1S/C20H16ClN5O3S/c1-29-16-8-7-12(21)9-15(16)23-17(27)11-30-20-24-18-14(10-22-25-18)19(28)26(20)13-5-3-2-4-6-13/h2-10H,11H2,1H3,(H,22,25)(H,23,27). The van der Waals surface area contributed by atoms with Gasteiger partial charge in [-0.05, 0) is 30.3 Å². The molecule has 10 heteroatoms. The summed E-state index contributed by atoms with van der Waals surface area (Å²) in [7, 11) is 1.51. The van der Waals surface area contributed by atoms with E-state index in [0.717, 1.165) is 11.8 Å². The van der Waals surface area contributed by atoms with Gasteiger partial charge in [0.15, 0.2) is 10.8 Å². The number of hydrogen-bond donors (Lipinski definition) is 2. The van der Waals surface area contributed by atoms with E-state index in [1.807, 2.05) is 18.2 Å². The monoisotopic (exact) mass is 441 g/mol. The third kappa shape index (κ3) is 4.03. The average molecular weight is 442 g/mol. The number of ether oxygens (including phenoxy) is 1. The van der Waals surface area contributed by atoms with Gasteiger partial charge in [0, 0.05) is 5.02 Å². The van der Waals surface area contributed by atoms with Crippen molar-refractivity contribution in [2.45, 2.75) is 5.16 Å². The number of thioether (sulfide) groups is 1. The van der Waals surface area contributed by atoms with Crippen molar-refractivity contribution in [1.29, 1.82) is 0 Å². The molecule has 0 radical (unpaired) electrons. The molecule has 2 aromatic heterocycles. The molecule has 0 saturated carbocycles. The van der Waals surface area contributed by atoms with Crippen LogP contribution < -0.4 is 15.6 Å². The predicted molar refractivity (Wildman–Crippen MR) is 117 cm³/mol. The molecular formula is C20H16ClN5O3S. The summed E-state index contributed by atoms with van der Waals surface area (Å²) in [5, 5.41) is 10.6. The first-order valence-corrected chi connectivity index (χ1v) is 10.2. The Labute approximate surface area is 180 Å². The second-order valence-electron chi connectivity index (χ2n) is 6.18. The molecule has 0 aliphatic rings. The van der Waals surface area contributed by atoms with E-state index in [1.54, 1.807) is 30.3 Å². The smallest absolute Gasteiger partial charge is 0.269 e. The van der Waals surface area contributed by atoms with E-state index in [2.05, 4.69) is 20.5 Å². The maximum Gasteiger partial charge on any atom is 0.269 e. The Balaban J connectivity index is 1.62. The predicted octanol–water partition coefficient (Wildman–Crippen LogP) is 3.50. The number of amides is 1. The molecule has 1 amide bonds. The fourth-order valence-corrected chi connectivity index (χ4v) is 3.85. The zero-order valence-corrected chi connectivity index (χ0v) is 17.3. The molecular weight excluding hydrogens is 426 g/mol. The van der Waals surface area contributed by atoms with Crippen molar-refractivity contribution < 1.29 is 9.53 Å². The zero-order valence-electron chi connectivity index (χ0n) is 15.8. The first-order chi connectivity index (χ1) is 14.6. The van der Waals surface area contributed by atoms with Crippen LogP contribution in [0.4, 0.5) is 5.69 Å². The molecule has 0 fully saturated rings. The molecule has 0 aliphatic carbocycles. The number of H-pyrrole nitrogens is 1. The van der Waals surface area contributed by atoms with Crippen LogP contribution in [-0.2, 0) is 4.79 Å². The minimum absolute atomic E-state index is 0.0224. The van der Waals surface area contributed by atoms with Gasteiger partial charge in [-0.15, -0.1) is 0 Å². The van der Waals surface area contributed by atoms with Gasteiger partial charge in [0.25, 0.3) is 5.56 Å². The van der Waals surface area contributed by atoms with Crippen LogP contribution in [0, 0.1) is 0 Å². The highest BCUT2D eigenvalue weighted by atomic mass is 35.5. The lowest BCUT2D eigenvalue weighted by Gasteiger charge is -2.13. The lowest BCUT2D eigenvalue weighted by molar-refractivity contribution is -0.113. The van der Waals surface area contributed by atoms with Gasteiger partial charge >= 0.3 is 0 Å². The molecule has 8 nitrogen and oxygen atoms in total. The van der Waals surface area contributed by atoms with E-state index in [4.69, 9.17) is 16.3 Å². The van der Waals surface area contributed by atoms with Crippen LogP contribution in [-0.4, -0.2) is 38.5 Å². The Morgan fingerprint density at radius 1 is 1.27 bits per heavy atom. The highest BCUT2D eigenvalue weighted by Gasteiger charge is 2.16. The number of aromatic nitrogens is 4. The number of carbonyl (C=O) groups is 1. The van der Waals surface area contributed by atoms with Crippen molar-refractivity contribution in [3.05, 3.63) is 70.1 Å². The van der Waals surface area contributed by atoms with Gasteiger partial charge in [0.1, 0.15) is 11.1 Å². The van der Waals surface area contributed by atoms with E-state index >= 15 is 0 Å². The zero-order chi connectivity index (χ0) is 21.1. The molecule has 4 rings (SSSR count). The molecule has 152 valence electrons.